The van der Waals surface area contributed by atoms with Gasteiger partial charge in [0.2, 0.25) is 11.8 Å². The highest BCUT2D eigenvalue weighted by molar-refractivity contribution is 6.05. The fourth-order valence-corrected chi connectivity index (χ4v) is 8.98. The minimum absolute atomic E-state index is 0.123. The average Bonchev–Trinajstić information content (AvgIpc) is 3.73. The van der Waals surface area contributed by atoms with Gasteiger partial charge in [-0.15, -0.1) is 0 Å². The first kappa shape index (κ1) is 37.4. The van der Waals surface area contributed by atoms with Crippen molar-refractivity contribution < 1.29 is 23.5 Å². The van der Waals surface area contributed by atoms with Crippen molar-refractivity contribution >= 4 is 51.0 Å². The van der Waals surface area contributed by atoms with E-state index < -0.39 is 23.7 Å². The second-order valence-corrected chi connectivity index (χ2v) is 15.6. The van der Waals surface area contributed by atoms with Crippen molar-refractivity contribution in [1.82, 2.24) is 34.1 Å². The molecule has 8 rings (SSSR count). The number of hydrogen-bond acceptors (Lipinski definition) is 9. The quantitative estimate of drug-likeness (QED) is 0.196. The summed E-state index contributed by atoms with van der Waals surface area (Å²) in [4.78, 5) is 59.8. The van der Waals surface area contributed by atoms with Gasteiger partial charge in [0.1, 0.15) is 23.3 Å². The third-order valence-electron chi connectivity index (χ3n) is 12.1. The van der Waals surface area contributed by atoms with Gasteiger partial charge in [-0.25, -0.2) is 14.2 Å². The lowest BCUT2D eigenvalue weighted by molar-refractivity contribution is -0.135. The van der Waals surface area contributed by atoms with Crippen LogP contribution in [0.25, 0.3) is 21.9 Å². The number of anilines is 2. The number of aromatic nitrogens is 5. The molecular formula is C41H48FN9O5. The van der Waals surface area contributed by atoms with Crippen molar-refractivity contribution in [1.29, 1.82) is 0 Å². The first-order chi connectivity index (χ1) is 27.0. The lowest BCUT2D eigenvalue weighted by Crippen LogP contribution is -2.45. The van der Waals surface area contributed by atoms with E-state index in [1.807, 2.05) is 30.5 Å². The molecule has 1 saturated carbocycles. The predicted molar refractivity (Wildman–Crippen MR) is 211 cm³/mol. The lowest BCUT2D eigenvalue weighted by atomic mass is 9.85. The number of para-hydroxylation sites is 1. The molecular weight excluding hydrogens is 718 g/mol. The number of rotatable bonds is 9. The minimum Gasteiger partial charge on any atom is -0.494 e. The number of methoxy groups -OCH3 is 1. The van der Waals surface area contributed by atoms with Crippen LogP contribution in [-0.4, -0.2) is 86.4 Å². The van der Waals surface area contributed by atoms with Gasteiger partial charge in [-0.3, -0.25) is 33.5 Å². The summed E-state index contributed by atoms with van der Waals surface area (Å²) >= 11 is 0. The van der Waals surface area contributed by atoms with E-state index in [2.05, 4.69) is 43.2 Å². The molecule has 0 radical (unpaired) electrons. The summed E-state index contributed by atoms with van der Waals surface area (Å²) in [5.41, 5.74) is 3.84. The largest absolute Gasteiger partial charge is 0.494 e. The Labute approximate surface area is 323 Å². The molecule has 2 aromatic carbocycles. The highest BCUT2D eigenvalue weighted by Crippen LogP contribution is 2.37. The van der Waals surface area contributed by atoms with Gasteiger partial charge in [-0.1, -0.05) is 6.07 Å². The van der Waals surface area contributed by atoms with Gasteiger partial charge < -0.3 is 19.9 Å². The van der Waals surface area contributed by atoms with Crippen LogP contribution in [0.15, 0.2) is 53.5 Å². The van der Waals surface area contributed by atoms with Crippen LogP contribution in [0, 0.1) is 18.7 Å². The average molecular weight is 766 g/mol. The summed E-state index contributed by atoms with van der Waals surface area (Å²) in [6.45, 7) is 4.29. The molecule has 3 aliphatic rings. The molecule has 0 bridgehead atoms. The Morgan fingerprint density at radius 2 is 1.80 bits per heavy atom. The number of pyridine rings is 1. The molecule has 2 N–H and O–H groups in total. The van der Waals surface area contributed by atoms with Crippen LogP contribution in [0.2, 0.25) is 0 Å². The smallest absolute Gasteiger partial charge is 0.329 e. The SMILES string of the molecule is COc1cc2nn([C@H]3CC[C@H](CN(C)C4CCN(c5cccc6c5n(C)c(=O)n6C5CCC(=O)NC5=O)CC4)CC3)cc2cc1NC(=O)c1ccc(F)c(C)n1. The molecule has 3 aromatic heterocycles. The van der Waals surface area contributed by atoms with Gasteiger partial charge >= 0.3 is 5.69 Å². The number of imide groups is 1. The Morgan fingerprint density at radius 3 is 2.52 bits per heavy atom. The van der Waals surface area contributed by atoms with E-state index in [0.717, 1.165) is 80.3 Å². The summed E-state index contributed by atoms with van der Waals surface area (Å²) in [6, 6.07) is 12.2. The molecule has 14 nitrogen and oxygen atoms in total. The molecule has 1 aliphatic carbocycles. The molecule has 294 valence electrons. The summed E-state index contributed by atoms with van der Waals surface area (Å²) in [6.07, 6.45) is 8.86. The number of carbonyl (C=O) groups is 3. The van der Waals surface area contributed by atoms with E-state index in [1.54, 1.807) is 23.3 Å². The highest BCUT2D eigenvalue weighted by Gasteiger charge is 2.33. The Balaban J connectivity index is 0.867. The first-order valence-corrected chi connectivity index (χ1v) is 19.5. The molecule has 2 aliphatic heterocycles. The van der Waals surface area contributed by atoms with Crippen molar-refractivity contribution in [2.24, 2.45) is 13.0 Å². The molecule has 56 heavy (non-hydrogen) atoms. The number of nitrogens with zero attached hydrogens (tertiary/aromatic N) is 7. The van der Waals surface area contributed by atoms with Crippen molar-refractivity contribution in [3.63, 3.8) is 0 Å². The van der Waals surface area contributed by atoms with E-state index in [1.165, 1.54) is 19.1 Å². The van der Waals surface area contributed by atoms with E-state index in [9.17, 15) is 23.6 Å². The second-order valence-electron chi connectivity index (χ2n) is 15.6. The zero-order valence-electron chi connectivity index (χ0n) is 32.3. The monoisotopic (exact) mass is 765 g/mol. The number of benzene rings is 2. The Bertz CT molecular complexity index is 2390. The molecule has 1 atom stereocenters. The number of imidazole rings is 1. The normalized spacial score (nSPS) is 20.9. The van der Waals surface area contributed by atoms with E-state index in [4.69, 9.17) is 9.84 Å². The zero-order valence-corrected chi connectivity index (χ0v) is 32.3. The van der Waals surface area contributed by atoms with Crippen LogP contribution in [0.5, 0.6) is 5.75 Å². The minimum atomic E-state index is -0.704. The van der Waals surface area contributed by atoms with Gasteiger partial charge in [-0.2, -0.15) is 5.10 Å². The molecule has 15 heteroatoms. The predicted octanol–water partition coefficient (Wildman–Crippen LogP) is 5.10. The number of piperidine rings is 2. The first-order valence-electron chi connectivity index (χ1n) is 19.5. The fraction of sp³-hybridized carbons (Fsp3) is 0.463. The van der Waals surface area contributed by atoms with Crippen LogP contribution in [0.3, 0.4) is 0 Å². The highest BCUT2D eigenvalue weighted by atomic mass is 19.1. The van der Waals surface area contributed by atoms with E-state index >= 15 is 0 Å². The van der Waals surface area contributed by atoms with E-state index in [-0.39, 0.29) is 35.4 Å². The molecule has 3 amide bonds. The van der Waals surface area contributed by atoms with Crippen LogP contribution in [0.4, 0.5) is 15.8 Å². The zero-order chi connectivity index (χ0) is 39.2. The number of hydrogen-bond donors (Lipinski definition) is 2. The van der Waals surface area contributed by atoms with E-state index in [0.29, 0.717) is 35.3 Å². The van der Waals surface area contributed by atoms with Crippen molar-refractivity contribution in [3.05, 3.63) is 76.4 Å². The number of ether oxygens (including phenoxy) is 1. The van der Waals surface area contributed by atoms with Crippen LogP contribution < -0.4 is 26.0 Å². The standard InChI is InChI=1S/C41H48FN9O5/c1-24-29(42)12-13-30(43-24)39(53)44-32-20-26-23-50(46-31(26)21-36(32)56-4)28-10-8-25(9-11-28)22-47(2)27-16-18-49(19-17-27)33-6-5-7-34-38(33)48(3)41(55)51(34)35-14-15-37(52)45-40(35)54/h5-7,12-13,20-21,23,25,27-28,35H,8-11,14-19,22H2,1-4H3,(H,44,53)(H,45,52,54)/t25-,28-,35?. The van der Waals surface area contributed by atoms with Gasteiger partial charge in [-0.05, 0) is 95.2 Å². The number of carbonyl (C=O) groups excluding carboxylic acids is 3. The maximum atomic E-state index is 13.7. The van der Waals surface area contributed by atoms with Crippen molar-refractivity contribution in [3.8, 4) is 5.75 Å². The Morgan fingerprint density at radius 1 is 1.04 bits per heavy atom. The van der Waals surface area contributed by atoms with Gasteiger partial charge in [0.15, 0.2) is 0 Å². The summed E-state index contributed by atoms with van der Waals surface area (Å²) < 4.78 is 24.6. The Hall–Kier alpha value is -5.57. The van der Waals surface area contributed by atoms with Gasteiger partial charge in [0, 0.05) is 56.8 Å². The van der Waals surface area contributed by atoms with Crippen molar-refractivity contribution in [2.75, 3.05) is 44.0 Å². The molecule has 5 heterocycles. The maximum absolute atomic E-state index is 13.7. The molecule has 2 saturated heterocycles. The third kappa shape index (κ3) is 7.04. The van der Waals surface area contributed by atoms with Crippen LogP contribution in [-0.2, 0) is 16.6 Å². The lowest BCUT2D eigenvalue weighted by Gasteiger charge is -2.40. The van der Waals surface area contributed by atoms with Gasteiger partial charge in [0.05, 0.1) is 46.8 Å². The number of aryl methyl sites for hydroxylation is 2. The molecule has 5 aromatic rings. The fourth-order valence-electron chi connectivity index (χ4n) is 8.98. The van der Waals surface area contributed by atoms with Gasteiger partial charge in [0.25, 0.3) is 5.91 Å². The topological polar surface area (TPSA) is 149 Å². The van der Waals surface area contributed by atoms with Crippen LogP contribution >= 0.6 is 0 Å². The molecule has 0 spiro atoms. The summed E-state index contributed by atoms with van der Waals surface area (Å²) in [5, 5.41) is 11.1. The number of amides is 3. The molecule has 1 unspecified atom stereocenters. The molecule has 3 fully saturated rings. The maximum Gasteiger partial charge on any atom is 0.329 e. The second kappa shape index (κ2) is 15.2. The van der Waals surface area contributed by atoms with Crippen LogP contribution in [0.1, 0.15) is 79.6 Å². The number of nitrogens with one attached hydrogen (secondary N) is 2. The summed E-state index contributed by atoms with van der Waals surface area (Å²) in [7, 11) is 5.55. The van der Waals surface area contributed by atoms with Crippen molar-refractivity contribution in [2.45, 2.75) is 76.4 Å². The Kier molecular flexibility index (Phi) is 10.1. The summed E-state index contributed by atoms with van der Waals surface area (Å²) in [5.74, 6) is -0.553. The number of halogens is 1. The third-order valence-corrected chi connectivity index (χ3v) is 12.1. The number of fused-ring (bicyclic) bond motifs is 2.